The molecule has 1 saturated carbocycles. The zero-order valence-electron chi connectivity index (χ0n) is 15.1. The highest BCUT2D eigenvalue weighted by Crippen LogP contribution is 2.23. The number of rotatable bonds is 4. The monoisotopic (exact) mass is 308 g/mol. The molecule has 4 nitrogen and oxygen atoms in total. The molecule has 1 unspecified atom stereocenters. The molecule has 0 spiro atoms. The molecule has 128 valence electrons. The molecule has 1 aliphatic carbocycles. The maximum Gasteiger partial charge on any atom is 0.191 e. The Hall–Kier alpha value is -0.770. The van der Waals surface area contributed by atoms with E-state index < -0.39 is 0 Å². The van der Waals surface area contributed by atoms with Crippen LogP contribution >= 0.6 is 0 Å². The molecule has 4 heteroatoms. The van der Waals surface area contributed by atoms with E-state index in [4.69, 9.17) is 0 Å². The van der Waals surface area contributed by atoms with Crippen LogP contribution in [0, 0.1) is 11.8 Å². The third-order valence-corrected chi connectivity index (χ3v) is 5.42. The fourth-order valence-electron chi connectivity index (χ4n) is 3.77. The average molecular weight is 309 g/mol. The van der Waals surface area contributed by atoms with E-state index in [0.29, 0.717) is 12.1 Å². The van der Waals surface area contributed by atoms with Gasteiger partial charge in [0.15, 0.2) is 5.96 Å². The maximum absolute atomic E-state index is 4.42. The van der Waals surface area contributed by atoms with Crippen molar-refractivity contribution in [3.05, 3.63) is 0 Å². The van der Waals surface area contributed by atoms with Gasteiger partial charge in [-0.25, -0.2) is 0 Å². The van der Waals surface area contributed by atoms with E-state index in [0.717, 1.165) is 24.3 Å². The number of guanidine groups is 1. The van der Waals surface area contributed by atoms with Gasteiger partial charge in [0, 0.05) is 32.2 Å². The van der Waals surface area contributed by atoms with Gasteiger partial charge in [0.25, 0.3) is 0 Å². The number of likely N-dealkylation sites (tertiary alicyclic amines) is 1. The predicted octanol–water partition coefficient (Wildman–Crippen LogP) is 2.85. The summed E-state index contributed by atoms with van der Waals surface area (Å²) in [5.74, 6) is 2.65. The van der Waals surface area contributed by atoms with Crippen molar-refractivity contribution in [1.29, 1.82) is 0 Å². The van der Waals surface area contributed by atoms with Gasteiger partial charge in [0.05, 0.1) is 0 Å². The number of nitrogens with one attached hydrogen (secondary N) is 2. The summed E-state index contributed by atoms with van der Waals surface area (Å²) in [6, 6.07) is 1.28. The first-order chi connectivity index (χ1) is 10.6. The molecule has 0 bridgehead atoms. The van der Waals surface area contributed by atoms with Gasteiger partial charge >= 0.3 is 0 Å². The van der Waals surface area contributed by atoms with Crippen LogP contribution in [0.4, 0.5) is 0 Å². The second-order valence-corrected chi connectivity index (χ2v) is 7.65. The SMILES string of the molecule is CN=C(NCC1CCCN(C(C)C)C1)NC1CCC(C)CC1. The van der Waals surface area contributed by atoms with E-state index in [1.54, 1.807) is 0 Å². The van der Waals surface area contributed by atoms with Crippen molar-refractivity contribution in [2.75, 3.05) is 26.7 Å². The Bertz CT molecular complexity index is 345. The molecular formula is C18H36N4. The van der Waals surface area contributed by atoms with Crippen molar-refractivity contribution in [2.24, 2.45) is 16.8 Å². The van der Waals surface area contributed by atoms with Crippen LogP contribution in [0.15, 0.2) is 4.99 Å². The minimum absolute atomic E-state index is 0.612. The van der Waals surface area contributed by atoms with E-state index in [1.165, 1.54) is 51.6 Å². The lowest BCUT2D eigenvalue weighted by Crippen LogP contribution is -2.48. The van der Waals surface area contributed by atoms with Crippen molar-refractivity contribution in [3.63, 3.8) is 0 Å². The molecule has 2 fully saturated rings. The van der Waals surface area contributed by atoms with Crippen LogP contribution in [0.3, 0.4) is 0 Å². The van der Waals surface area contributed by atoms with Gasteiger partial charge in [0.1, 0.15) is 0 Å². The molecule has 1 heterocycles. The van der Waals surface area contributed by atoms with Gasteiger partial charge in [0.2, 0.25) is 0 Å². The molecule has 1 atom stereocenters. The van der Waals surface area contributed by atoms with Gasteiger partial charge in [-0.1, -0.05) is 6.92 Å². The lowest BCUT2D eigenvalue weighted by atomic mass is 9.87. The molecule has 0 aromatic carbocycles. The van der Waals surface area contributed by atoms with Crippen LogP contribution < -0.4 is 10.6 Å². The molecule has 0 radical (unpaired) electrons. The van der Waals surface area contributed by atoms with Crippen LogP contribution in [0.1, 0.15) is 59.3 Å². The summed E-state index contributed by atoms with van der Waals surface area (Å²) in [7, 11) is 1.89. The van der Waals surface area contributed by atoms with Gasteiger partial charge in [-0.3, -0.25) is 4.99 Å². The summed E-state index contributed by atoms with van der Waals surface area (Å²) in [5.41, 5.74) is 0. The molecule has 0 aromatic rings. The van der Waals surface area contributed by atoms with Crippen molar-refractivity contribution >= 4 is 5.96 Å². The topological polar surface area (TPSA) is 39.7 Å². The highest BCUT2D eigenvalue weighted by Gasteiger charge is 2.22. The molecule has 22 heavy (non-hydrogen) atoms. The van der Waals surface area contributed by atoms with Crippen LogP contribution in [-0.4, -0.2) is 49.6 Å². The van der Waals surface area contributed by atoms with Crippen LogP contribution in [0.5, 0.6) is 0 Å². The zero-order valence-corrected chi connectivity index (χ0v) is 15.1. The zero-order chi connectivity index (χ0) is 15.9. The van der Waals surface area contributed by atoms with Crippen molar-refractivity contribution < 1.29 is 0 Å². The third-order valence-electron chi connectivity index (χ3n) is 5.42. The van der Waals surface area contributed by atoms with Gasteiger partial charge < -0.3 is 15.5 Å². The van der Waals surface area contributed by atoms with Crippen molar-refractivity contribution in [1.82, 2.24) is 15.5 Å². The Kier molecular flexibility index (Phi) is 7.00. The Morgan fingerprint density at radius 3 is 2.55 bits per heavy atom. The number of aliphatic imine (C=N–C) groups is 1. The summed E-state index contributed by atoms with van der Waals surface area (Å²) in [5, 5.41) is 7.19. The third kappa shape index (κ3) is 5.45. The van der Waals surface area contributed by atoms with E-state index in [1.807, 2.05) is 7.05 Å². The van der Waals surface area contributed by atoms with Crippen LogP contribution in [0.25, 0.3) is 0 Å². The van der Waals surface area contributed by atoms with Crippen LogP contribution in [0.2, 0.25) is 0 Å². The lowest BCUT2D eigenvalue weighted by Gasteiger charge is -2.36. The fraction of sp³-hybridized carbons (Fsp3) is 0.944. The van der Waals surface area contributed by atoms with E-state index in [-0.39, 0.29) is 0 Å². The van der Waals surface area contributed by atoms with Gasteiger partial charge in [-0.05, 0) is 70.8 Å². The number of nitrogens with zero attached hydrogens (tertiary/aromatic N) is 2. The predicted molar refractivity (Wildman–Crippen MR) is 95.4 cm³/mol. The second-order valence-electron chi connectivity index (χ2n) is 7.65. The Morgan fingerprint density at radius 2 is 1.91 bits per heavy atom. The summed E-state index contributed by atoms with van der Waals surface area (Å²) in [4.78, 5) is 7.03. The largest absolute Gasteiger partial charge is 0.356 e. The minimum Gasteiger partial charge on any atom is -0.356 e. The molecule has 2 N–H and O–H groups in total. The van der Waals surface area contributed by atoms with Gasteiger partial charge in [-0.2, -0.15) is 0 Å². The number of hydrogen-bond donors (Lipinski definition) is 2. The average Bonchev–Trinajstić information content (AvgIpc) is 2.53. The van der Waals surface area contributed by atoms with Crippen molar-refractivity contribution in [2.45, 2.75) is 71.4 Å². The standard InChI is InChI=1S/C18H36N4/c1-14(2)22-11-5-6-16(13-22)12-20-18(19-4)21-17-9-7-15(3)8-10-17/h14-17H,5-13H2,1-4H3,(H2,19,20,21). The molecule has 1 saturated heterocycles. The molecule has 1 aliphatic heterocycles. The molecule has 2 rings (SSSR count). The van der Waals surface area contributed by atoms with E-state index in [2.05, 4.69) is 41.3 Å². The first-order valence-electron chi connectivity index (χ1n) is 9.29. The summed E-state index contributed by atoms with van der Waals surface area (Å²) in [6.45, 7) is 10.5. The minimum atomic E-state index is 0.612. The summed E-state index contributed by atoms with van der Waals surface area (Å²) in [6.07, 6.45) is 7.94. The van der Waals surface area contributed by atoms with E-state index in [9.17, 15) is 0 Å². The van der Waals surface area contributed by atoms with E-state index >= 15 is 0 Å². The highest BCUT2D eigenvalue weighted by molar-refractivity contribution is 5.79. The Labute approximate surface area is 137 Å². The fourth-order valence-corrected chi connectivity index (χ4v) is 3.77. The maximum atomic E-state index is 4.42. The Balaban J connectivity index is 1.72. The molecular weight excluding hydrogens is 272 g/mol. The smallest absolute Gasteiger partial charge is 0.191 e. The summed E-state index contributed by atoms with van der Waals surface area (Å²) >= 11 is 0. The number of hydrogen-bond acceptors (Lipinski definition) is 2. The quantitative estimate of drug-likeness (QED) is 0.620. The summed E-state index contributed by atoms with van der Waals surface area (Å²) < 4.78 is 0. The Morgan fingerprint density at radius 1 is 1.18 bits per heavy atom. The molecule has 0 aromatic heterocycles. The highest BCUT2D eigenvalue weighted by atomic mass is 15.2. The van der Waals surface area contributed by atoms with Crippen LogP contribution in [-0.2, 0) is 0 Å². The second kappa shape index (κ2) is 8.76. The first kappa shape index (κ1) is 17.6. The lowest BCUT2D eigenvalue weighted by molar-refractivity contribution is 0.141. The normalized spacial score (nSPS) is 31.3. The molecule has 2 aliphatic rings. The first-order valence-corrected chi connectivity index (χ1v) is 9.29. The number of piperidine rings is 1. The molecule has 0 amide bonds. The van der Waals surface area contributed by atoms with Crippen molar-refractivity contribution in [3.8, 4) is 0 Å². The van der Waals surface area contributed by atoms with Gasteiger partial charge in [-0.15, -0.1) is 0 Å².